The van der Waals surface area contributed by atoms with E-state index in [-0.39, 0.29) is 0 Å². The van der Waals surface area contributed by atoms with E-state index < -0.39 is 5.60 Å². The summed E-state index contributed by atoms with van der Waals surface area (Å²) in [5.41, 5.74) is 1.48. The molecule has 1 aliphatic heterocycles. The summed E-state index contributed by atoms with van der Waals surface area (Å²) in [5.74, 6) is 0. The maximum Gasteiger partial charge on any atom is 0.0965 e. The van der Waals surface area contributed by atoms with Gasteiger partial charge < -0.3 is 5.11 Å². The molecule has 0 amide bonds. The first-order chi connectivity index (χ1) is 7.08. The molecule has 0 spiro atoms. The van der Waals surface area contributed by atoms with Crippen molar-refractivity contribution in [3.05, 3.63) is 48.0 Å². The molecule has 0 aliphatic carbocycles. The van der Waals surface area contributed by atoms with E-state index in [1.165, 1.54) is 5.56 Å². The average molecular weight is 203 g/mol. The van der Waals surface area contributed by atoms with Crippen LogP contribution in [0.1, 0.15) is 12.5 Å². The van der Waals surface area contributed by atoms with Gasteiger partial charge in [0.05, 0.1) is 5.60 Å². The van der Waals surface area contributed by atoms with Gasteiger partial charge in [-0.1, -0.05) is 36.9 Å². The number of rotatable bonds is 2. The molecule has 0 saturated carbocycles. The van der Waals surface area contributed by atoms with Crippen LogP contribution in [0.25, 0.3) is 0 Å². The van der Waals surface area contributed by atoms with Gasteiger partial charge in [0.25, 0.3) is 0 Å². The minimum absolute atomic E-state index is 0.681. The van der Waals surface area contributed by atoms with Crippen LogP contribution in [0.2, 0.25) is 0 Å². The molecule has 0 bridgehead atoms. The van der Waals surface area contributed by atoms with Crippen molar-refractivity contribution in [2.75, 3.05) is 13.1 Å². The van der Waals surface area contributed by atoms with E-state index in [9.17, 15) is 5.11 Å². The first kappa shape index (κ1) is 10.4. The summed E-state index contributed by atoms with van der Waals surface area (Å²) in [5, 5.41) is 9.97. The molecule has 0 radical (unpaired) electrons. The van der Waals surface area contributed by atoms with Crippen LogP contribution >= 0.6 is 0 Å². The van der Waals surface area contributed by atoms with Gasteiger partial charge in [0.2, 0.25) is 0 Å². The van der Waals surface area contributed by atoms with E-state index in [4.69, 9.17) is 0 Å². The molecule has 2 heteroatoms. The Bertz CT molecular complexity index is 356. The van der Waals surface area contributed by atoms with Crippen molar-refractivity contribution in [3.8, 4) is 0 Å². The fourth-order valence-electron chi connectivity index (χ4n) is 2.00. The highest BCUT2D eigenvalue weighted by Gasteiger charge is 2.34. The fourth-order valence-corrected chi connectivity index (χ4v) is 2.00. The highest BCUT2D eigenvalue weighted by molar-refractivity contribution is 5.21. The molecule has 1 aromatic rings. The predicted octanol–water partition coefficient (Wildman–Crippen LogP) is 1.81. The third kappa shape index (κ3) is 2.28. The predicted molar refractivity (Wildman–Crippen MR) is 61.5 cm³/mol. The molecule has 1 atom stereocenters. The van der Waals surface area contributed by atoms with E-state index >= 15 is 0 Å². The second kappa shape index (κ2) is 3.80. The van der Waals surface area contributed by atoms with Gasteiger partial charge in [-0.3, -0.25) is 4.90 Å². The van der Waals surface area contributed by atoms with Gasteiger partial charge in [0.1, 0.15) is 0 Å². The van der Waals surface area contributed by atoms with Gasteiger partial charge in [0, 0.05) is 19.6 Å². The second-order valence-electron chi connectivity index (χ2n) is 4.51. The largest absolute Gasteiger partial charge is 0.384 e. The number of β-amino-alcohol motifs (C(OH)–C–C–N with tert-alkyl or cyclic N) is 1. The Kier molecular flexibility index (Phi) is 2.63. The second-order valence-corrected chi connectivity index (χ2v) is 4.51. The van der Waals surface area contributed by atoms with Crippen molar-refractivity contribution < 1.29 is 5.11 Å². The Morgan fingerprint density at radius 3 is 2.60 bits per heavy atom. The lowest BCUT2D eigenvalue weighted by Crippen LogP contribution is -2.30. The fraction of sp³-hybridized carbons (Fsp3) is 0.385. The first-order valence-electron chi connectivity index (χ1n) is 5.25. The maximum absolute atomic E-state index is 9.97. The third-order valence-corrected chi connectivity index (χ3v) is 2.96. The van der Waals surface area contributed by atoms with Crippen LogP contribution in [-0.2, 0) is 6.54 Å². The molecule has 15 heavy (non-hydrogen) atoms. The molecule has 1 fully saturated rings. The number of aliphatic hydroxyl groups is 1. The highest BCUT2D eigenvalue weighted by Crippen LogP contribution is 2.26. The monoisotopic (exact) mass is 203 g/mol. The van der Waals surface area contributed by atoms with Crippen LogP contribution in [0.4, 0.5) is 0 Å². The average Bonchev–Trinajstić information content (AvgIpc) is 2.42. The van der Waals surface area contributed by atoms with Crippen LogP contribution in [-0.4, -0.2) is 28.7 Å². The molecule has 1 N–H and O–H groups in total. The normalized spacial score (nSPS) is 27.2. The summed E-state index contributed by atoms with van der Waals surface area (Å²) < 4.78 is 0. The lowest BCUT2D eigenvalue weighted by Gasteiger charge is -2.18. The van der Waals surface area contributed by atoms with E-state index in [1.807, 2.05) is 25.1 Å². The number of benzene rings is 1. The van der Waals surface area contributed by atoms with Gasteiger partial charge in [-0.2, -0.15) is 0 Å². The molecule has 80 valence electrons. The van der Waals surface area contributed by atoms with Crippen LogP contribution in [0.5, 0.6) is 0 Å². The molecule has 2 rings (SSSR count). The smallest absolute Gasteiger partial charge is 0.0965 e. The molecule has 1 aromatic carbocycles. The zero-order valence-electron chi connectivity index (χ0n) is 9.11. The van der Waals surface area contributed by atoms with Crippen molar-refractivity contribution in [1.29, 1.82) is 0 Å². The van der Waals surface area contributed by atoms with E-state index in [0.717, 1.165) is 18.7 Å². The molecule has 1 saturated heterocycles. The Balaban J connectivity index is 2.02. The number of hydrogen-bond donors (Lipinski definition) is 1. The van der Waals surface area contributed by atoms with Crippen molar-refractivity contribution in [3.63, 3.8) is 0 Å². The summed E-state index contributed by atoms with van der Waals surface area (Å²) in [7, 11) is 0. The first-order valence-corrected chi connectivity index (χ1v) is 5.25. The van der Waals surface area contributed by atoms with Gasteiger partial charge in [-0.05, 0) is 18.1 Å². The molecule has 1 unspecified atom stereocenters. The standard InChI is InChI=1S/C13H17NO/c1-11-8-14(10-13(11,2)15)9-12-6-4-3-5-7-12/h3-7,15H,1,8-10H2,2H3. The summed E-state index contributed by atoms with van der Waals surface area (Å²) in [6, 6.07) is 10.3. The molecule has 0 aromatic heterocycles. The lowest BCUT2D eigenvalue weighted by molar-refractivity contribution is 0.0946. The van der Waals surface area contributed by atoms with Crippen molar-refractivity contribution in [2.45, 2.75) is 19.1 Å². The number of hydrogen-bond acceptors (Lipinski definition) is 2. The molecular weight excluding hydrogens is 186 g/mol. The highest BCUT2D eigenvalue weighted by atomic mass is 16.3. The van der Waals surface area contributed by atoms with Gasteiger partial charge in [0.15, 0.2) is 0 Å². The Morgan fingerprint density at radius 1 is 1.40 bits per heavy atom. The van der Waals surface area contributed by atoms with Gasteiger partial charge in [-0.25, -0.2) is 0 Å². The van der Waals surface area contributed by atoms with Crippen molar-refractivity contribution in [2.24, 2.45) is 0 Å². The van der Waals surface area contributed by atoms with Crippen molar-refractivity contribution >= 4 is 0 Å². The Morgan fingerprint density at radius 2 is 2.07 bits per heavy atom. The summed E-state index contributed by atoms with van der Waals surface area (Å²) in [6.07, 6.45) is 0. The topological polar surface area (TPSA) is 23.5 Å². The molecule has 1 heterocycles. The van der Waals surface area contributed by atoms with Crippen LogP contribution in [0.15, 0.2) is 42.5 Å². The quantitative estimate of drug-likeness (QED) is 0.741. The van der Waals surface area contributed by atoms with E-state index in [2.05, 4.69) is 23.6 Å². The van der Waals surface area contributed by atoms with Gasteiger partial charge >= 0.3 is 0 Å². The van der Waals surface area contributed by atoms with E-state index in [0.29, 0.717) is 6.54 Å². The summed E-state index contributed by atoms with van der Waals surface area (Å²) >= 11 is 0. The Hall–Kier alpha value is -1.12. The van der Waals surface area contributed by atoms with Crippen molar-refractivity contribution in [1.82, 2.24) is 4.90 Å². The maximum atomic E-state index is 9.97. The van der Waals surface area contributed by atoms with E-state index in [1.54, 1.807) is 0 Å². The number of likely N-dealkylation sites (tertiary alicyclic amines) is 1. The van der Waals surface area contributed by atoms with Crippen LogP contribution in [0.3, 0.4) is 0 Å². The SMILES string of the molecule is C=C1CN(Cc2ccccc2)CC1(C)O. The molecule has 2 nitrogen and oxygen atoms in total. The minimum atomic E-state index is -0.714. The number of nitrogens with zero attached hydrogens (tertiary/aromatic N) is 1. The lowest BCUT2D eigenvalue weighted by atomic mass is 10.0. The zero-order valence-corrected chi connectivity index (χ0v) is 9.11. The Labute approximate surface area is 90.8 Å². The summed E-state index contributed by atoms with van der Waals surface area (Å²) in [4.78, 5) is 2.22. The third-order valence-electron chi connectivity index (χ3n) is 2.96. The van der Waals surface area contributed by atoms with Gasteiger partial charge in [-0.15, -0.1) is 0 Å². The zero-order chi connectivity index (χ0) is 10.9. The van der Waals surface area contributed by atoms with Crippen LogP contribution in [0, 0.1) is 0 Å². The molecule has 1 aliphatic rings. The van der Waals surface area contributed by atoms with Crippen LogP contribution < -0.4 is 0 Å². The molecular formula is C13H17NO. The minimum Gasteiger partial charge on any atom is -0.384 e. The summed E-state index contributed by atoms with van der Waals surface area (Å²) in [6.45, 7) is 8.10.